The Bertz CT molecular complexity index is 101. The maximum absolute atomic E-state index is 10.8. The predicted molar refractivity (Wildman–Crippen MR) is 41.7 cm³/mol. The highest BCUT2D eigenvalue weighted by Gasteiger charge is 2.07. The van der Waals surface area contributed by atoms with Crippen LogP contribution in [-0.2, 0) is 4.79 Å². The maximum Gasteiger partial charge on any atom is 0.233 e. The van der Waals surface area contributed by atoms with Crippen molar-refractivity contribution in [2.24, 2.45) is 0 Å². The summed E-state index contributed by atoms with van der Waals surface area (Å²) < 4.78 is 0. The second-order valence-corrected chi connectivity index (χ2v) is 3.65. The maximum atomic E-state index is 10.8. The Hall–Kier alpha value is -0.0500. The summed E-state index contributed by atoms with van der Waals surface area (Å²) in [4.78, 5) is 10.7. The first-order valence-corrected chi connectivity index (χ1v) is 3.90. The number of hydrogen-bond donors (Lipinski definition) is 1. The highest BCUT2D eigenvalue weighted by atomic mass is 79.9. The number of carbonyl (C=O) groups excluding carboxylic acids is 1. The first kappa shape index (κ1) is 8.95. The standard InChI is InChI=1S/C6H12BrNO/c1-4(2)8-6(9)5(3)7/h4-5H,1-3H3,(H,8,9)/t5-/m0/s1. The van der Waals surface area contributed by atoms with Crippen molar-refractivity contribution in [2.75, 3.05) is 0 Å². The lowest BCUT2D eigenvalue weighted by atomic mass is 10.3. The molecule has 2 nitrogen and oxygen atoms in total. The van der Waals surface area contributed by atoms with Gasteiger partial charge < -0.3 is 5.32 Å². The molecule has 0 aliphatic heterocycles. The Morgan fingerprint density at radius 1 is 1.44 bits per heavy atom. The van der Waals surface area contributed by atoms with Gasteiger partial charge in [-0.1, -0.05) is 15.9 Å². The van der Waals surface area contributed by atoms with Crippen molar-refractivity contribution in [1.29, 1.82) is 0 Å². The Kier molecular flexibility index (Phi) is 3.86. The van der Waals surface area contributed by atoms with Crippen LogP contribution in [0.4, 0.5) is 0 Å². The third kappa shape index (κ3) is 4.45. The molecule has 0 heterocycles. The zero-order valence-corrected chi connectivity index (χ0v) is 7.53. The Balaban J connectivity index is 3.51. The molecule has 54 valence electrons. The molecule has 0 aromatic rings. The zero-order valence-electron chi connectivity index (χ0n) is 5.94. The van der Waals surface area contributed by atoms with Gasteiger partial charge >= 0.3 is 0 Å². The van der Waals surface area contributed by atoms with Crippen LogP contribution in [-0.4, -0.2) is 16.8 Å². The molecule has 1 atom stereocenters. The number of carbonyl (C=O) groups is 1. The van der Waals surface area contributed by atoms with Gasteiger partial charge in [0.15, 0.2) is 0 Å². The van der Waals surface area contributed by atoms with E-state index < -0.39 is 0 Å². The molecule has 0 saturated carbocycles. The van der Waals surface area contributed by atoms with Gasteiger partial charge in [-0.3, -0.25) is 4.79 Å². The molecule has 0 aliphatic rings. The van der Waals surface area contributed by atoms with Crippen LogP contribution < -0.4 is 5.32 Å². The van der Waals surface area contributed by atoms with Gasteiger partial charge in [0.05, 0.1) is 4.83 Å². The molecular formula is C6H12BrNO. The Labute approximate surface area is 64.1 Å². The number of alkyl halides is 1. The number of hydrogen-bond acceptors (Lipinski definition) is 1. The van der Waals surface area contributed by atoms with Gasteiger partial charge in [-0.25, -0.2) is 0 Å². The highest BCUT2D eigenvalue weighted by Crippen LogP contribution is 1.96. The van der Waals surface area contributed by atoms with Gasteiger partial charge in [0.25, 0.3) is 0 Å². The average molecular weight is 194 g/mol. The fourth-order valence-electron chi connectivity index (χ4n) is 0.399. The number of nitrogens with one attached hydrogen (secondary N) is 1. The molecule has 0 bridgehead atoms. The fraction of sp³-hybridized carbons (Fsp3) is 0.833. The SMILES string of the molecule is CC(C)NC(=O)[C@H](C)Br. The van der Waals surface area contributed by atoms with Crippen LogP contribution in [0, 0.1) is 0 Å². The van der Waals surface area contributed by atoms with Crippen LogP contribution in [0.15, 0.2) is 0 Å². The quantitative estimate of drug-likeness (QED) is 0.659. The summed E-state index contributed by atoms with van der Waals surface area (Å²) in [5.41, 5.74) is 0. The molecule has 0 aromatic heterocycles. The first-order valence-electron chi connectivity index (χ1n) is 2.98. The van der Waals surface area contributed by atoms with Crippen molar-refractivity contribution >= 4 is 21.8 Å². The van der Waals surface area contributed by atoms with E-state index in [-0.39, 0.29) is 16.8 Å². The van der Waals surface area contributed by atoms with Crippen LogP contribution >= 0.6 is 15.9 Å². The third-order valence-corrected chi connectivity index (χ3v) is 1.21. The van der Waals surface area contributed by atoms with Crippen LogP contribution in [0.25, 0.3) is 0 Å². The summed E-state index contributed by atoms with van der Waals surface area (Å²) in [5, 5.41) is 2.76. The summed E-state index contributed by atoms with van der Waals surface area (Å²) in [7, 11) is 0. The van der Waals surface area contributed by atoms with Crippen molar-refractivity contribution in [1.82, 2.24) is 5.32 Å². The van der Waals surface area contributed by atoms with Crippen molar-refractivity contribution in [3.05, 3.63) is 0 Å². The molecule has 0 aromatic carbocycles. The van der Waals surface area contributed by atoms with Crippen molar-refractivity contribution in [3.8, 4) is 0 Å². The Morgan fingerprint density at radius 3 is 2.00 bits per heavy atom. The van der Waals surface area contributed by atoms with Crippen LogP contribution in [0.5, 0.6) is 0 Å². The van der Waals surface area contributed by atoms with E-state index in [0.717, 1.165) is 0 Å². The third-order valence-electron chi connectivity index (χ3n) is 0.792. The van der Waals surface area contributed by atoms with Crippen LogP contribution in [0.1, 0.15) is 20.8 Å². The molecule has 0 radical (unpaired) electrons. The van der Waals surface area contributed by atoms with Gasteiger partial charge in [0.1, 0.15) is 0 Å². The van der Waals surface area contributed by atoms with E-state index in [4.69, 9.17) is 0 Å². The minimum absolute atomic E-state index is 0.0463. The van der Waals surface area contributed by atoms with Crippen molar-refractivity contribution in [2.45, 2.75) is 31.6 Å². The number of halogens is 1. The molecule has 0 unspecified atom stereocenters. The zero-order chi connectivity index (χ0) is 7.44. The van der Waals surface area contributed by atoms with Gasteiger partial charge in [-0.05, 0) is 20.8 Å². The molecule has 1 amide bonds. The van der Waals surface area contributed by atoms with Gasteiger partial charge in [0, 0.05) is 6.04 Å². The number of amides is 1. The summed E-state index contributed by atoms with van der Waals surface area (Å²) >= 11 is 3.16. The van der Waals surface area contributed by atoms with Gasteiger partial charge in [-0.15, -0.1) is 0 Å². The van der Waals surface area contributed by atoms with E-state index >= 15 is 0 Å². The number of rotatable bonds is 2. The largest absolute Gasteiger partial charge is 0.353 e. The van der Waals surface area contributed by atoms with E-state index in [0.29, 0.717) is 0 Å². The van der Waals surface area contributed by atoms with Crippen molar-refractivity contribution < 1.29 is 4.79 Å². The van der Waals surface area contributed by atoms with Crippen molar-refractivity contribution in [3.63, 3.8) is 0 Å². The highest BCUT2D eigenvalue weighted by molar-refractivity contribution is 9.10. The van der Waals surface area contributed by atoms with Crippen LogP contribution in [0.3, 0.4) is 0 Å². The minimum atomic E-state index is -0.0834. The molecule has 0 saturated heterocycles. The topological polar surface area (TPSA) is 29.1 Å². The lowest BCUT2D eigenvalue weighted by molar-refractivity contribution is -0.120. The fourth-order valence-corrected chi connectivity index (χ4v) is 0.532. The van der Waals surface area contributed by atoms with E-state index in [9.17, 15) is 4.79 Å². The molecule has 0 spiro atoms. The molecule has 0 rings (SSSR count). The lowest BCUT2D eigenvalue weighted by Crippen LogP contribution is -2.34. The van der Waals surface area contributed by atoms with E-state index in [1.54, 1.807) is 6.92 Å². The summed E-state index contributed by atoms with van der Waals surface area (Å²) in [5.74, 6) is 0.0463. The second kappa shape index (κ2) is 3.88. The second-order valence-electron chi connectivity index (χ2n) is 2.28. The molecule has 9 heavy (non-hydrogen) atoms. The van der Waals surface area contributed by atoms with Gasteiger partial charge in [0.2, 0.25) is 5.91 Å². The Morgan fingerprint density at radius 2 is 1.89 bits per heavy atom. The lowest BCUT2D eigenvalue weighted by Gasteiger charge is -2.08. The molecule has 3 heteroatoms. The predicted octanol–water partition coefficient (Wildman–Crippen LogP) is 1.29. The average Bonchev–Trinajstić information content (AvgIpc) is 1.63. The van der Waals surface area contributed by atoms with E-state index in [2.05, 4.69) is 21.2 Å². The molecule has 0 fully saturated rings. The molecular weight excluding hydrogens is 182 g/mol. The summed E-state index contributed by atoms with van der Waals surface area (Å²) in [6.45, 7) is 5.68. The molecule has 1 N–H and O–H groups in total. The summed E-state index contributed by atoms with van der Waals surface area (Å²) in [6, 6.07) is 0.234. The normalized spacial score (nSPS) is 13.4. The van der Waals surface area contributed by atoms with Crippen LogP contribution in [0.2, 0.25) is 0 Å². The monoisotopic (exact) mass is 193 g/mol. The smallest absolute Gasteiger partial charge is 0.233 e. The summed E-state index contributed by atoms with van der Waals surface area (Å²) in [6.07, 6.45) is 0. The molecule has 0 aliphatic carbocycles. The van der Waals surface area contributed by atoms with E-state index in [1.165, 1.54) is 0 Å². The minimum Gasteiger partial charge on any atom is -0.353 e. The first-order chi connectivity index (χ1) is 4.04. The van der Waals surface area contributed by atoms with E-state index in [1.807, 2.05) is 13.8 Å². The van der Waals surface area contributed by atoms with Gasteiger partial charge in [-0.2, -0.15) is 0 Å².